The number of pyridine rings is 1. The summed E-state index contributed by atoms with van der Waals surface area (Å²) in [5.74, 6) is 0.942. The Morgan fingerprint density at radius 1 is 1.33 bits per heavy atom. The van der Waals surface area contributed by atoms with E-state index in [1.54, 1.807) is 6.07 Å². The number of nitrogens with two attached hydrogens (primary N) is 1. The number of hydrogen-bond acceptors (Lipinski definition) is 3. The van der Waals surface area contributed by atoms with Gasteiger partial charge in [0.15, 0.2) is 0 Å². The molecule has 2 N–H and O–H groups in total. The van der Waals surface area contributed by atoms with Gasteiger partial charge in [0, 0.05) is 12.6 Å². The van der Waals surface area contributed by atoms with E-state index in [0.717, 1.165) is 24.2 Å². The second-order valence-electron chi connectivity index (χ2n) is 6.80. The van der Waals surface area contributed by atoms with Crippen LogP contribution in [0.4, 0.5) is 4.39 Å². The molecule has 0 radical (unpaired) electrons. The van der Waals surface area contributed by atoms with Gasteiger partial charge in [-0.15, -0.1) is 0 Å². The zero-order valence-corrected chi connectivity index (χ0v) is 12.8. The number of rotatable bonds is 4. The van der Waals surface area contributed by atoms with E-state index in [0.29, 0.717) is 5.92 Å². The lowest BCUT2D eigenvalue weighted by atomic mass is 9.90. The number of fused-ring (bicyclic) bond motifs is 1. The van der Waals surface area contributed by atoms with Gasteiger partial charge in [0.2, 0.25) is 0 Å². The molecule has 1 saturated heterocycles. The lowest BCUT2D eigenvalue weighted by molar-refractivity contribution is 0.0922. The highest BCUT2D eigenvalue weighted by molar-refractivity contribution is 5.10. The molecular formula is C17H26FN3. The van der Waals surface area contributed by atoms with Gasteiger partial charge in [-0.3, -0.25) is 9.88 Å². The molecule has 0 amide bonds. The van der Waals surface area contributed by atoms with E-state index in [1.807, 2.05) is 0 Å². The first-order chi connectivity index (χ1) is 10.1. The highest BCUT2D eigenvalue weighted by Gasteiger charge is 2.35. The molecule has 0 bridgehead atoms. The lowest BCUT2D eigenvalue weighted by Gasteiger charge is -2.40. The standard InChI is InChI=1S/C17H26FN3/c1-12(17(19)15-8-7-14(18)10-20-15)11-21-9-3-5-13-4-2-6-16(13)21/h7-8,10,12-13,16-17H,2-6,9,11,19H2,1H3. The number of halogens is 1. The van der Waals surface area contributed by atoms with E-state index in [2.05, 4.69) is 16.8 Å². The summed E-state index contributed by atoms with van der Waals surface area (Å²) in [6, 6.07) is 3.82. The molecule has 1 saturated carbocycles. The Hall–Kier alpha value is -1.00. The molecule has 2 heterocycles. The fraction of sp³-hybridized carbons (Fsp3) is 0.706. The molecule has 1 aliphatic heterocycles. The molecule has 21 heavy (non-hydrogen) atoms. The van der Waals surface area contributed by atoms with Crippen molar-refractivity contribution in [3.8, 4) is 0 Å². The summed E-state index contributed by atoms with van der Waals surface area (Å²) < 4.78 is 13.0. The minimum atomic E-state index is -0.302. The summed E-state index contributed by atoms with van der Waals surface area (Å²) in [4.78, 5) is 6.79. The van der Waals surface area contributed by atoms with Crippen LogP contribution >= 0.6 is 0 Å². The van der Waals surface area contributed by atoms with Crippen LogP contribution < -0.4 is 5.73 Å². The summed E-state index contributed by atoms with van der Waals surface area (Å²) in [6.07, 6.45) is 8.11. The van der Waals surface area contributed by atoms with Crippen molar-refractivity contribution in [1.29, 1.82) is 0 Å². The zero-order chi connectivity index (χ0) is 14.8. The van der Waals surface area contributed by atoms with Gasteiger partial charge in [0.05, 0.1) is 17.9 Å². The van der Waals surface area contributed by atoms with Crippen molar-refractivity contribution in [2.24, 2.45) is 17.6 Å². The Morgan fingerprint density at radius 2 is 2.14 bits per heavy atom. The predicted molar refractivity (Wildman–Crippen MR) is 82.2 cm³/mol. The van der Waals surface area contributed by atoms with Gasteiger partial charge in [-0.1, -0.05) is 13.3 Å². The quantitative estimate of drug-likeness (QED) is 0.926. The maximum absolute atomic E-state index is 13.0. The highest BCUT2D eigenvalue weighted by atomic mass is 19.1. The number of hydrogen-bond donors (Lipinski definition) is 1. The van der Waals surface area contributed by atoms with Crippen LogP contribution in [0.25, 0.3) is 0 Å². The maximum Gasteiger partial charge on any atom is 0.141 e. The van der Waals surface area contributed by atoms with E-state index >= 15 is 0 Å². The third-order valence-corrected chi connectivity index (χ3v) is 5.34. The number of likely N-dealkylation sites (tertiary alicyclic amines) is 1. The van der Waals surface area contributed by atoms with Crippen LogP contribution in [-0.2, 0) is 0 Å². The first kappa shape index (κ1) is 14.9. The predicted octanol–water partition coefficient (Wildman–Crippen LogP) is 3.12. The average molecular weight is 291 g/mol. The summed E-state index contributed by atoms with van der Waals surface area (Å²) in [6.45, 7) is 4.42. The van der Waals surface area contributed by atoms with Crippen molar-refractivity contribution < 1.29 is 4.39 Å². The summed E-state index contributed by atoms with van der Waals surface area (Å²) in [5.41, 5.74) is 7.13. The first-order valence-corrected chi connectivity index (χ1v) is 8.26. The Balaban J connectivity index is 1.62. The summed E-state index contributed by atoms with van der Waals surface area (Å²) in [5, 5.41) is 0. The van der Waals surface area contributed by atoms with Crippen LogP contribution in [0.3, 0.4) is 0 Å². The molecule has 1 aromatic rings. The minimum Gasteiger partial charge on any atom is -0.322 e. The van der Waals surface area contributed by atoms with Crippen LogP contribution in [0.2, 0.25) is 0 Å². The van der Waals surface area contributed by atoms with E-state index in [-0.39, 0.29) is 11.9 Å². The van der Waals surface area contributed by atoms with Crippen molar-refractivity contribution >= 4 is 0 Å². The first-order valence-electron chi connectivity index (χ1n) is 8.26. The zero-order valence-electron chi connectivity index (χ0n) is 12.8. The normalized spacial score (nSPS) is 29.1. The van der Waals surface area contributed by atoms with Crippen LogP contribution in [0, 0.1) is 17.7 Å². The Labute approximate surface area is 126 Å². The molecular weight excluding hydrogens is 265 g/mol. The van der Waals surface area contributed by atoms with Crippen molar-refractivity contribution in [3.63, 3.8) is 0 Å². The molecule has 116 valence electrons. The Bertz CT molecular complexity index is 462. The summed E-state index contributed by atoms with van der Waals surface area (Å²) in [7, 11) is 0. The number of nitrogens with zero attached hydrogens (tertiary/aromatic N) is 2. The Morgan fingerprint density at radius 3 is 2.90 bits per heavy atom. The largest absolute Gasteiger partial charge is 0.322 e. The highest BCUT2D eigenvalue weighted by Crippen LogP contribution is 2.37. The van der Waals surface area contributed by atoms with Crippen LogP contribution in [0.1, 0.15) is 50.8 Å². The van der Waals surface area contributed by atoms with Crippen molar-refractivity contribution in [2.45, 2.75) is 51.1 Å². The van der Waals surface area contributed by atoms with E-state index in [9.17, 15) is 4.39 Å². The van der Waals surface area contributed by atoms with E-state index < -0.39 is 0 Å². The second-order valence-corrected chi connectivity index (χ2v) is 6.80. The molecule has 1 aliphatic carbocycles. The average Bonchev–Trinajstić information content (AvgIpc) is 2.97. The molecule has 4 heteroatoms. The molecule has 2 fully saturated rings. The lowest BCUT2D eigenvalue weighted by Crippen LogP contribution is -2.45. The van der Waals surface area contributed by atoms with Crippen LogP contribution in [-0.4, -0.2) is 29.0 Å². The fourth-order valence-electron chi connectivity index (χ4n) is 4.14. The number of piperidine rings is 1. The fourth-order valence-corrected chi connectivity index (χ4v) is 4.14. The molecule has 3 rings (SSSR count). The van der Waals surface area contributed by atoms with Crippen molar-refractivity contribution in [3.05, 3.63) is 29.8 Å². The Kier molecular flexibility index (Phi) is 4.55. The molecule has 1 aromatic heterocycles. The van der Waals surface area contributed by atoms with Crippen LogP contribution in [0.15, 0.2) is 18.3 Å². The molecule has 4 unspecified atom stereocenters. The van der Waals surface area contributed by atoms with Gasteiger partial charge in [-0.25, -0.2) is 4.39 Å². The smallest absolute Gasteiger partial charge is 0.141 e. The second kappa shape index (κ2) is 6.41. The SMILES string of the molecule is CC(CN1CCCC2CCCC21)C(N)c1ccc(F)cn1. The monoisotopic (exact) mass is 291 g/mol. The molecule has 0 aromatic carbocycles. The van der Waals surface area contributed by atoms with E-state index in [1.165, 1.54) is 50.9 Å². The van der Waals surface area contributed by atoms with Gasteiger partial charge in [0.25, 0.3) is 0 Å². The van der Waals surface area contributed by atoms with Gasteiger partial charge >= 0.3 is 0 Å². The van der Waals surface area contributed by atoms with Crippen LogP contribution in [0.5, 0.6) is 0 Å². The molecule has 4 atom stereocenters. The van der Waals surface area contributed by atoms with E-state index in [4.69, 9.17) is 5.73 Å². The topological polar surface area (TPSA) is 42.1 Å². The minimum absolute atomic E-state index is 0.118. The molecule has 0 spiro atoms. The maximum atomic E-state index is 13.0. The van der Waals surface area contributed by atoms with Gasteiger partial charge in [0.1, 0.15) is 5.82 Å². The third kappa shape index (κ3) is 3.27. The van der Waals surface area contributed by atoms with Crippen molar-refractivity contribution in [1.82, 2.24) is 9.88 Å². The van der Waals surface area contributed by atoms with Gasteiger partial charge in [-0.05, 0) is 56.2 Å². The molecule has 2 aliphatic rings. The van der Waals surface area contributed by atoms with Gasteiger partial charge in [-0.2, -0.15) is 0 Å². The number of aromatic nitrogens is 1. The molecule has 3 nitrogen and oxygen atoms in total. The van der Waals surface area contributed by atoms with Gasteiger partial charge < -0.3 is 5.73 Å². The summed E-state index contributed by atoms with van der Waals surface area (Å²) >= 11 is 0. The third-order valence-electron chi connectivity index (χ3n) is 5.34. The van der Waals surface area contributed by atoms with Crippen molar-refractivity contribution in [2.75, 3.05) is 13.1 Å².